The van der Waals surface area contributed by atoms with Crippen LogP contribution in [-0.4, -0.2) is 6.04 Å². The molecule has 0 saturated heterocycles. The molecule has 9 heavy (non-hydrogen) atoms. The van der Waals surface area contributed by atoms with Gasteiger partial charge < -0.3 is 5.73 Å². The fourth-order valence-corrected chi connectivity index (χ4v) is 0.981. The molecule has 0 unspecified atom stereocenters. The maximum atomic E-state index is 5.77. The van der Waals surface area contributed by atoms with Crippen molar-refractivity contribution in [2.24, 2.45) is 5.73 Å². The molecule has 1 atom stereocenters. The lowest BCUT2D eigenvalue weighted by atomic mass is 10.1. The molecular formula is C8H19N. The molecule has 0 aromatic heterocycles. The van der Waals surface area contributed by atoms with Gasteiger partial charge >= 0.3 is 0 Å². The molecule has 0 bridgehead atoms. The van der Waals surface area contributed by atoms with Crippen LogP contribution >= 0.6 is 0 Å². The van der Waals surface area contributed by atoms with Crippen LogP contribution in [0.15, 0.2) is 0 Å². The molecule has 0 radical (unpaired) electrons. The maximum Gasteiger partial charge on any atom is 0.00387 e. The number of rotatable bonds is 5. The molecule has 0 amide bonds. The van der Waals surface area contributed by atoms with Crippen molar-refractivity contribution in [2.45, 2.75) is 52.0 Å². The molecule has 1 heteroatoms. The Hall–Kier alpha value is -0.0400. The highest BCUT2D eigenvalue weighted by atomic mass is 14.6. The van der Waals surface area contributed by atoms with Crippen LogP contribution in [0.2, 0.25) is 0 Å². The molecule has 0 aliphatic carbocycles. The zero-order valence-corrected chi connectivity index (χ0v) is 6.69. The van der Waals surface area contributed by atoms with Gasteiger partial charge in [-0.3, -0.25) is 0 Å². The lowest BCUT2D eigenvalue weighted by Gasteiger charge is -2.07. The topological polar surface area (TPSA) is 26.0 Å². The SMILES string of the molecule is CCCC[C@H](N)CCC. The van der Waals surface area contributed by atoms with Crippen molar-refractivity contribution in [3.05, 3.63) is 0 Å². The standard InChI is InChI=1S/C8H19N/c1-3-5-7-8(9)6-4-2/h8H,3-7,9H2,1-2H3/t8-/m1/s1. The van der Waals surface area contributed by atoms with Gasteiger partial charge in [0.15, 0.2) is 0 Å². The number of hydrogen-bond donors (Lipinski definition) is 1. The molecule has 0 aromatic carbocycles. The summed E-state index contributed by atoms with van der Waals surface area (Å²) in [7, 11) is 0. The number of hydrogen-bond acceptors (Lipinski definition) is 1. The first-order valence-electron chi connectivity index (χ1n) is 4.06. The molecule has 0 saturated carbocycles. The Kier molecular flexibility index (Phi) is 6.06. The predicted octanol–water partition coefficient (Wildman–Crippen LogP) is 2.30. The average molecular weight is 129 g/mol. The summed E-state index contributed by atoms with van der Waals surface area (Å²) in [6.45, 7) is 4.39. The fourth-order valence-electron chi connectivity index (χ4n) is 0.981. The van der Waals surface area contributed by atoms with E-state index in [1.54, 1.807) is 0 Å². The van der Waals surface area contributed by atoms with Crippen LogP contribution < -0.4 is 5.73 Å². The quantitative estimate of drug-likeness (QED) is 0.605. The van der Waals surface area contributed by atoms with E-state index in [1.807, 2.05) is 0 Å². The van der Waals surface area contributed by atoms with Crippen molar-refractivity contribution >= 4 is 0 Å². The van der Waals surface area contributed by atoms with Crippen molar-refractivity contribution in [1.29, 1.82) is 0 Å². The van der Waals surface area contributed by atoms with E-state index in [0.29, 0.717) is 6.04 Å². The highest BCUT2D eigenvalue weighted by molar-refractivity contribution is 4.58. The Labute approximate surface area is 58.6 Å². The molecule has 2 N–H and O–H groups in total. The van der Waals surface area contributed by atoms with E-state index < -0.39 is 0 Å². The summed E-state index contributed by atoms with van der Waals surface area (Å²) < 4.78 is 0. The lowest BCUT2D eigenvalue weighted by molar-refractivity contribution is 0.535. The molecule has 56 valence electrons. The summed E-state index contributed by atoms with van der Waals surface area (Å²) in [6.07, 6.45) is 6.20. The summed E-state index contributed by atoms with van der Waals surface area (Å²) >= 11 is 0. The van der Waals surface area contributed by atoms with Gasteiger partial charge in [0, 0.05) is 6.04 Å². The second kappa shape index (κ2) is 6.09. The lowest BCUT2D eigenvalue weighted by Crippen LogP contribution is -2.18. The summed E-state index contributed by atoms with van der Waals surface area (Å²) in [4.78, 5) is 0. The van der Waals surface area contributed by atoms with Crippen molar-refractivity contribution in [3.63, 3.8) is 0 Å². The molecule has 0 fully saturated rings. The monoisotopic (exact) mass is 129 g/mol. The third kappa shape index (κ3) is 5.84. The first-order valence-corrected chi connectivity index (χ1v) is 4.06. The minimum absolute atomic E-state index is 0.468. The Balaban J connectivity index is 2.95. The van der Waals surface area contributed by atoms with Gasteiger partial charge in [0.2, 0.25) is 0 Å². The van der Waals surface area contributed by atoms with Gasteiger partial charge in [-0.15, -0.1) is 0 Å². The van der Waals surface area contributed by atoms with Gasteiger partial charge in [-0.25, -0.2) is 0 Å². The first kappa shape index (κ1) is 8.96. The molecular weight excluding hydrogens is 110 g/mol. The van der Waals surface area contributed by atoms with Gasteiger partial charge in [0.1, 0.15) is 0 Å². The van der Waals surface area contributed by atoms with Gasteiger partial charge in [0.25, 0.3) is 0 Å². The van der Waals surface area contributed by atoms with E-state index in [0.717, 1.165) is 0 Å². The van der Waals surface area contributed by atoms with E-state index in [4.69, 9.17) is 5.73 Å². The zero-order chi connectivity index (χ0) is 7.11. The second-order valence-corrected chi connectivity index (χ2v) is 2.69. The van der Waals surface area contributed by atoms with Gasteiger partial charge in [-0.2, -0.15) is 0 Å². The third-order valence-corrected chi connectivity index (χ3v) is 1.59. The highest BCUT2D eigenvalue weighted by Gasteiger charge is 1.97. The Bertz CT molecular complexity index is 52.5. The Morgan fingerprint density at radius 1 is 1.11 bits per heavy atom. The fraction of sp³-hybridized carbons (Fsp3) is 1.00. The second-order valence-electron chi connectivity index (χ2n) is 2.69. The van der Waals surface area contributed by atoms with Crippen LogP contribution in [0.5, 0.6) is 0 Å². The Morgan fingerprint density at radius 3 is 2.22 bits per heavy atom. The maximum absolute atomic E-state index is 5.77. The first-order chi connectivity index (χ1) is 4.31. The molecule has 0 rings (SSSR count). The highest BCUT2D eigenvalue weighted by Crippen LogP contribution is 2.02. The summed E-state index contributed by atoms with van der Waals surface area (Å²) in [5.74, 6) is 0. The smallest absolute Gasteiger partial charge is 0.00387 e. The van der Waals surface area contributed by atoms with Crippen LogP contribution in [0.25, 0.3) is 0 Å². The van der Waals surface area contributed by atoms with Gasteiger partial charge in [-0.05, 0) is 12.8 Å². The predicted molar refractivity (Wildman–Crippen MR) is 42.4 cm³/mol. The minimum atomic E-state index is 0.468. The van der Waals surface area contributed by atoms with E-state index in [9.17, 15) is 0 Å². The normalized spacial score (nSPS) is 13.7. The van der Waals surface area contributed by atoms with E-state index in [2.05, 4.69) is 13.8 Å². The molecule has 1 nitrogen and oxygen atoms in total. The van der Waals surface area contributed by atoms with Crippen molar-refractivity contribution in [1.82, 2.24) is 0 Å². The van der Waals surface area contributed by atoms with Crippen LogP contribution in [0.1, 0.15) is 46.0 Å². The van der Waals surface area contributed by atoms with E-state index in [1.165, 1.54) is 32.1 Å². The summed E-state index contributed by atoms with van der Waals surface area (Å²) in [5.41, 5.74) is 5.77. The van der Waals surface area contributed by atoms with Crippen LogP contribution in [0.4, 0.5) is 0 Å². The molecule has 0 aliphatic heterocycles. The number of unbranched alkanes of at least 4 members (excludes halogenated alkanes) is 1. The zero-order valence-electron chi connectivity index (χ0n) is 6.69. The molecule has 0 heterocycles. The molecule has 0 spiro atoms. The van der Waals surface area contributed by atoms with Crippen LogP contribution in [-0.2, 0) is 0 Å². The van der Waals surface area contributed by atoms with Crippen molar-refractivity contribution in [3.8, 4) is 0 Å². The molecule has 0 aliphatic rings. The Morgan fingerprint density at radius 2 is 1.78 bits per heavy atom. The summed E-state index contributed by atoms with van der Waals surface area (Å²) in [6, 6.07) is 0.468. The van der Waals surface area contributed by atoms with Gasteiger partial charge in [-0.1, -0.05) is 33.1 Å². The molecule has 0 aromatic rings. The third-order valence-electron chi connectivity index (χ3n) is 1.59. The minimum Gasteiger partial charge on any atom is -0.328 e. The van der Waals surface area contributed by atoms with Crippen molar-refractivity contribution in [2.75, 3.05) is 0 Å². The number of nitrogens with two attached hydrogens (primary N) is 1. The summed E-state index contributed by atoms with van der Waals surface area (Å²) in [5, 5.41) is 0. The average Bonchev–Trinajstić information content (AvgIpc) is 1.85. The van der Waals surface area contributed by atoms with Crippen LogP contribution in [0.3, 0.4) is 0 Å². The largest absolute Gasteiger partial charge is 0.328 e. The van der Waals surface area contributed by atoms with Gasteiger partial charge in [0.05, 0.1) is 0 Å². The van der Waals surface area contributed by atoms with E-state index >= 15 is 0 Å². The van der Waals surface area contributed by atoms with Crippen molar-refractivity contribution < 1.29 is 0 Å². The van der Waals surface area contributed by atoms with Crippen LogP contribution in [0, 0.1) is 0 Å². The van der Waals surface area contributed by atoms with E-state index in [-0.39, 0.29) is 0 Å².